The molecule has 1 aromatic rings. The Balaban J connectivity index is 2.04. The van der Waals surface area contributed by atoms with Crippen LogP contribution in [0.2, 0.25) is 0 Å². The molecule has 1 aromatic carbocycles. The number of benzene rings is 1. The highest BCUT2D eigenvalue weighted by Crippen LogP contribution is 2.50. The van der Waals surface area contributed by atoms with Crippen molar-refractivity contribution in [2.45, 2.75) is 16.6 Å². The Hall–Kier alpha value is -1.67. The molecule has 0 aromatic heterocycles. The fourth-order valence-corrected chi connectivity index (χ4v) is 2.83. The molecule has 5 nitrogen and oxygen atoms in total. The maximum Gasteiger partial charge on any atom is 0.471 e. The summed E-state index contributed by atoms with van der Waals surface area (Å²) in [5.74, 6) is -2.60. The number of amides is 1. The molecule has 1 amide bonds. The highest BCUT2D eigenvalue weighted by molar-refractivity contribution is 6.61. The van der Waals surface area contributed by atoms with Crippen LogP contribution in [0.5, 0.6) is 11.5 Å². The minimum atomic E-state index is -5.13. The first-order chi connectivity index (χ1) is 10.1. The number of halogens is 5. The van der Waals surface area contributed by atoms with Crippen LogP contribution in [0.3, 0.4) is 0 Å². The van der Waals surface area contributed by atoms with Crippen molar-refractivity contribution in [2.75, 3.05) is 6.79 Å². The van der Waals surface area contributed by atoms with Gasteiger partial charge in [0, 0.05) is 5.56 Å². The van der Waals surface area contributed by atoms with Crippen LogP contribution in [-0.2, 0) is 4.79 Å². The first-order valence-corrected chi connectivity index (χ1v) is 6.62. The Morgan fingerprint density at radius 1 is 1.27 bits per heavy atom. The lowest BCUT2D eigenvalue weighted by molar-refractivity contribution is -0.174. The largest absolute Gasteiger partial charge is 0.471 e. The summed E-state index contributed by atoms with van der Waals surface area (Å²) in [4.78, 5) is 23.3. The minimum absolute atomic E-state index is 0.0262. The van der Waals surface area contributed by atoms with Gasteiger partial charge in [-0.1, -0.05) is 23.2 Å². The molecule has 1 unspecified atom stereocenters. The summed E-state index contributed by atoms with van der Waals surface area (Å²) in [5, 5.41) is 1.64. The molecular weight excluding hydrogens is 350 g/mol. The van der Waals surface area contributed by atoms with Gasteiger partial charge < -0.3 is 14.8 Å². The average molecular weight is 356 g/mol. The Morgan fingerprint density at radius 3 is 2.45 bits per heavy atom. The number of ketones is 1. The second-order valence-corrected chi connectivity index (χ2v) is 6.03. The molecule has 0 fully saturated rings. The molecule has 1 aliphatic carbocycles. The zero-order valence-electron chi connectivity index (χ0n) is 10.5. The quantitative estimate of drug-likeness (QED) is 0.786. The van der Waals surface area contributed by atoms with Gasteiger partial charge in [-0.15, -0.1) is 0 Å². The van der Waals surface area contributed by atoms with E-state index in [-0.39, 0.29) is 29.4 Å². The second kappa shape index (κ2) is 4.66. The fraction of sp³-hybridized carbons (Fsp3) is 0.333. The summed E-state index contributed by atoms with van der Waals surface area (Å²) in [5.41, 5.74) is 0.0126. The summed E-state index contributed by atoms with van der Waals surface area (Å²) in [6, 6.07) is 1.00. The van der Waals surface area contributed by atoms with Crippen molar-refractivity contribution in [1.29, 1.82) is 0 Å². The molecule has 118 valence electrons. The van der Waals surface area contributed by atoms with Crippen LogP contribution in [0.1, 0.15) is 22.0 Å². The van der Waals surface area contributed by atoms with Crippen molar-refractivity contribution in [1.82, 2.24) is 5.32 Å². The molecule has 1 atom stereocenters. The fourth-order valence-electron chi connectivity index (χ4n) is 2.28. The molecule has 22 heavy (non-hydrogen) atoms. The monoisotopic (exact) mass is 355 g/mol. The summed E-state index contributed by atoms with van der Waals surface area (Å²) < 4.78 is 45.2. The topological polar surface area (TPSA) is 64.6 Å². The number of nitrogens with one attached hydrogen (secondary N) is 1. The van der Waals surface area contributed by atoms with Crippen molar-refractivity contribution < 1.29 is 32.2 Å². The van der Waals surface area contributed by atoms with Crippen molar-refractivity contribution in [2.24, 2.45) is 0 Å². The van der Waals surface area contributed by atoms with E-state index in [1.54, 1.807) is 5.32 Å². The number of fused-ring (bicyclic) bond motifs is 2. The first kappa shape index (κ1) is 15.2. The van der Waals surface area contributed by atoms with Crippen LogP contribution >= 0.6 is 23.2 Å². The maximum absolute atomic E-state index is 12.4. The van der Waals surface area contributed by atoms with Crippen LogP contribution in [0.25, 0.3) is 0 Å². The maximum atomic E-state index is 12.4. The van der Waals surface area contributed by atoms with E-state index in [4.69, 9.17) is 32.7 Å². The smallest absolute Gasteiger partial charge is 0.454 e. The highest BCUT2D eigenvalue weighted by atomic mass is 35.5. The van der Waals surface area contributed by atoms with E-state index in [0.29, 0.717) is 0 Å². The van der Waals surface area contributed by atoms with Crippen LogP contribution in [0, 0.1) is 0 Å². The van der Waals surface area contributed by atoms with Crippen molar-refractivity contribution in [3.8, 4) is 11.5 Å². The molecule has 0 radical (unpaired) electrons. The van der Waals surface area contributed by atoms with Gasteiger partial charge in [-0.2, -0.15) is 13.2 Å². The SMILES string of the molecule is O=C(NC1c2cc3c(cc2C(=O)C1(Cl)Cl)OCO3)C(F)(F)F. The van der Waals surface area contributed by atoms with Crippen LogP contribution in [0.4, 0.5) is 13.2 Å². The van der Waals surface area contributed by atoms with Gasteiger partial charge in [0.05, 0.1) is 6.04 Å². The van der Waals surface area contributed by atoms with Gasteiger partial charge in [0.15, 0.2) is 11.5 Å². The van der Waals surface area contributed by atoms with Crippen molar-refractivity contribution >= 4 is 34.9 Å². The van der Waals surface area contributed by atoms with E-state index >= 15 is 0 Å². The van der Waals surface area contributed by atoms with Crippen LogP contribution in [0.15, 0.2) is 12.1 Å². The number of rotatable bonds is 1. The van der Waals surface area contributed by atoms with E-state index in [1.165, 1.54) is 12.1 Å². The Bertz CT molecular complexity index is 690. The molecule has 3 rings (SSSR count). The molecule has 1 heterocycles. The summed E-state index contributed by atoms with van der Waals surface area (Å²) >= 11 is 11.7. The van der Waals surface area contributed by atoms with E-state index in [0.717, 1.165) is 0 Å². The van der Waals surface area contributed by atoms with Gasteiger partial charge >= 0.3 is 12.1 Å². The third-order valence-electron chi connectivity index (χ3n) is 3.30. The Morgan fingerprint density at radius 2 is 1.86 bits per heavy atom. The lowest BCUT2D eigenvalue weighted by atomic mass is 10.1. The molecule has 0 saturated heterocycles. The zero-order valence-corrected chi connectivity index (χ0v) is 12.0. The number of alkyl halides is 5. The standard InChI is InChI=1S/C12H6Cl2F3NO4/c13-11(14)8(18-10(20)12(15,16)17)4-1-6-7(22-3-21-6)2-5(4)9(11)19/h1-2,8H,3H2,(H,18,20). The molecule has 10 heteroatoms. The van der Waals surface area contributed by atoms with Gasteiger partial charge in [0.2, 0.25) is 16.9 Å². The number of carbonyl (C=O) groups excluding carboxylic acids is 2. The van der Waals surface area contributed by atoms with Crippen molar-refractivity contribution in [3.05, 3.63) is 23.3 Å². The number of hydrogen-bond donors (Lipinski definition) is 1. The normalized spacial score (nSPS) is 21.7. The lowest BCUT2D eigenvalue weighted by Gasteiger charge is -2.23. The molecule has 0 bridgehead atoms. The van der Waals surface area contributed by atoms with E-state index in [9.17, 15) is 22.8 Å². The zero-order chi connectivity index (χ0) is 16.3. The minimum Gasteiger partial charge on any atom is -0.454 e. The number of ether oxygens (including phenoxy) is 2. The Labute approximate surface area is 131 Å². The van der Waals surface area contributed by atoms with Crippen molar-refractivity contribution in [3.63, 3.8) is 0 Å². The van der Waals surface area contributed by atoms with Crippen LogP contribution in [-0.4, -0.2) is 29.0 Å². The Kier molecular flexibility index (Phi) is 3.23. The third kappa shape index (κ3) is 2.17. The van der Waals surface area contributed by atoms with Gasteiger partial charge in [0.1, 0.15) is 0 Å². The molecular formula is C12H6Cl2F3NO4. The van der Waals surface area contributed by atoms with E-state index in [1.807, 2.05) is 0 Å². The molecule has 0 spiro atoms. The van der Waals surface area contributed by atoms with Gasteiger partial charge in [-0.05, 0) is 17.7 Å². The predicted octanol–water partition coefficient (Wildman–Crippen LogP) is 2.51. The van der Waals surface area contributed by atoms with Gasteiger partial charge in [-0.3, -0.25) is 9.59 Å². The number of carbonyl (C=O) groups is 2. The van der Waals surface area contributed by atoms with Crippen LogP contribution < -0.4 is 14.8 Å². The van der Waals surface area contributed by atoms with Gasteiger partial charge in [0.25, 0.3) is 0 Å². The summed E-state index contributed by atoms with van der Waals surface area (Å²) in [6.45, 7) is -0.0844. The number of Topliss-reactive ketones (excluding diaryl/α,β-unsaturated/α-hetero) is 1. The average Bonchev–Trinajstić information content (AvgIpc) is 2.93. The van der Waals surface area contributed by atoms with E-state index < -0.39 is 28.2 Å². The van der Waals surface area contributed by atoms with E-state index in [2.05, 4.69) is 0 Å². The third-order valence-corrected chi connectivity index (χ3v) is 4.08. The summed E-state index contributed by atoms with van der Waals surface area (Å²) in [7, 11) is 0. The highest BCUT2D eigenvalue weighted by Gasteiger charge is 2.54. The molecule has 0 saturated carbocycles. The molecule has 1 aliphatic heterocycles. The molecule has 2 aliphatic rings. The summed E-state index contributed by atoms with van der Waals surface area (Å²) in [6.07, 6.45) is -5.13. The molecule has 1 N–H and O–H groups in total. The first-order valence-electron chi connectivity index (χ1n) is 5.86. The second-order valence-electron chi connectivity index (χ2n) is 4.65. The predicted molar refractivity (Wildman–Crippen MR) is 68.3 cm³/mol. The number of hydrogen-bond acceptors (Lipinski definition) is 4. The van der Waals surface area contributed by atoms with Gasteiger partial charge in [-0.25, -0.2) is 0 Å². The lowest BCUT2D eigenvalue weighted by Crippen LogP contribution is -2.44.